The zero-order valence-electron chi connectivity index (χ0n) is 9.69. The fourth-order valence-corrected chi connectivity index (χ4v) is 3.61. The number of alkyl halides is 3. The second-order valence-electron chi connectivity index (χ2n) is 5.48. The van der Waals surface area contributed by atoms with Crippen LogP contribution in [-0.2, 0) is 0 Å². The minimum Gasteiger partial charge on any atom is -0.317 e. The molecular formula is C12H20F3N. The molecule has 2 fully saturated rings. The molecule has 2 aliphatic carbocycles. The van der Waals surface area contributed by atoms with Crippen LogP contribution < -0.4 is 5.32 Å². The second kappa shape index (κ2) is 4.55. The highest BCUT2D eigenvalue weighted by Crippen LogP contribution is 2.50. The highest BCUT2D eigenvalue weighted by atomic mass is 19.4. The maximum Gasteiger partial charge on any atom is 0.390 e. The van der Waals surface area contributed by atoms with Crippen molar-refractivity contribution >= 4 is 0 Å². The summed E-state index contributed by atoms with van der Waals surface area (Å²) in [5, 5.41) is 2.82. The Kier molecular flexibility index (Phi) is 3.48. The first-order valence-electron chi connectivity index (χ1n) is 6.22. The molecule has 0 aliphatic heterocycles. The Bertz CT molecular complexity index is 239. The summed E-state index contributed by atoms with van der Waals surface area (Å²) in [6.45, 7) is 0. The molecule has 2 rings (SSSR count). The van der Waals surface area contributed by atoms with Crippen LogP contribution in [0.15, 0.2) is 0 Å². The molecule has 4 unspecified atom stereocenters. The lowest BCUT2D eigenvalue weighted by Gasteiger charge is -2.27. The minimum atomic E-state index is -4.04. The van der Waals surface area contributed by atoms with Crippen molar-refractivity contribution in [3.05, 3.63) is 0 Å². The smallest absolute Gasteiger partial charge is 0.317 e. The summed E-state index contributed by atoms with van der Waals surface area (Å²) in [5.41, 5.74) is 0. The monoisotopic (exact) mass is 235 g/mol. The molecule has 0 saturated heterocycles. The standard InChI is InChI=1S/C12H20F3N/c1-16-11(7-12(13,14)15)6-10-5-8-2-3-9(10)4-8/h8-11,16H,2-7H2,1H3. The molecule has 2 saturated carbocycles. The van der Waals surface area contributed by atoms with Gasteiger partial charge in [0.25, 0.3) is 0 Å². The van der Waals surface area contributed by atoms with Crippen LogP contribution in [0, 0.1) is 17.8 Å². The van der Waals surface area contributed by atoms with E-state index in [0.717, 1.165) is 5.92 Å². The molecule has 0 aromatic heterocycles. The van der Waals surface area contributed by atoms with E-state index in [9.17, 15) is 13.2 Å². The number of halogens is 3. The SMILES string of the molecule is CNC(CC1CC2CCC1C2)CC(F)(F)F. The first-order chi connectivity index (χ1) is 7.48. The van der Waals surface area contributed by atoms with Crippen LogP contribution in [0.2, 0.25) is 0 Å². The Labute approximate surface area is 94.8 Å². The summed E-state index contributed by atoms with van der Waals surface area (Å²) >= 11 is 0. The molecular weight excluding hydrogens is 215 g/mol. The molecule has 0 amide bonds. The fourth-order valence-electron chi connectivity index (χ4n) is 3.61. The Morgan fingerprint density at radius 2 is 2.00 bits per heavy atom. The van der Waals surface area contributed by atoms with Crippen LogP contribution in [-0.4, -0.2) is 19.3 Å². The van der Waals surface area contributed by atoms with Gasteiger partial charge in [-0.2, -0.15) is 13.2 Å². The molecule has 1 N–H and O–H groups in total. The van der Waals surface area contributed by atoms with Gasteiger partial charge in [-0.15, -0.1) is 0 Å². The van der Waals surface area contributed by atoms with Crippen LogP contribution in [0.3, 0.4) is 0 Å². The lowest BCUT2D eigenvalue weighted by molar-refractivity contribution is -0.140. The van der Waals surface area contributed by atoms with E-state index in [0.29, 0.717) is 18.3 Å². The van der Waals surface area contributed by atoms with Crippen LogP contribution in [0.4, 0.5) is 13.2 Å². The molecule has 4 atom stereocenters. The third-order valence-electron chi connectivity index (χ3n) is 4.36. The highest BCUT2D eigenvalue weighted by molar-refractivity contribution is 4.91. The average Bonchev–Trinajstić information content (AvgIpc) is 2.75. The number of hydrogen-bond donors (Lipinski definition) is 1. The molecule has 2 bridgehead atoms. The van der Waals surface area contributed by atoms with Crippen LogP contribution in [0.25, 0.3) is 0 Å². The minimum absolute atomic E-state index is 0.385. The molecule has 1 nitrogen and oxygen atoms in total. The van der Waals surface area contributed by atoms with Crippen molar-refractivity contribution < 1.29 is 13.2 Å². The van der Waals surface area contributed by atoms with E-state index >= 15 is 0 Å². The Morgan fingerprint density at radius 1 is 1.25 bits per heavy atom. The van der Waals surface area contributed by atoms with E-state index in [-0.39, 0.29) is 6.04 Å². The summed E-state index contributed by atoms with van der Waals surface area (Å²) in [6.07, 6.45) is 0.982. The maximum absolute atomic E-state index is 12.3. The zero-order chi connectivity index (χ0) is 11.8. The summed E-state index contributed by atoms with van der Waals surface area (Å²) in [5.74, 6) is 2.08. The predicted octanol–water partition coefficient (Wildman–Crippen LogP) is 3.35. The summed E-state index contributed by atoms with van der Waals surface area (Å²) in [6, 6.07) is -0.385. The summed E-state index contributed by atoms with van der Waals surface area (Å²) < 4.78 is 36.9. The maximum atomic E-state index is 12.3. The van der Waals surface area contributed by atoms with Gasteiger partial charge in [0.2, 0.25) is 0 Å². The van der Waals surface area contributed by atoms with Crippen LogP contribution >= 0.6 is 0 Å². The van der Waals surface area contributed by atoms with E-state index in [2.05, 4.69) is 5.32 Å². The van der Waals surface area contributed by atoms with E-state index < -0.39 is 12.6 Å². The van der Waals surface area contributed by atoms with Crippen LogP contribution in [0.5, 0.6) is 0 Å². The van der Waals surface area contributed by atoms with Crippen molar-refractivity contribution in [3.8, 4) is 0 Å². The van der Waals surface area contributed by atoms with Crippen molar-refractivity contribution in [1.29, 1.82) is 0 Å². The van der Waals surface area contributed by atoms with Gasteiger partial charge in [-0.3, -0.25) is 0 Å². The van der Waals surface area contributed by atoms with Gasteiger partial charge < -0.3 is 5.32 Å². The van der Waals surface area contributed by atoms with Gasteiger partial charge in [-0.05, 0) is 50.5 Å². The Balaban J connectivity index is 1.83. The number of nitrogens with one attached hydrogen (secondary N) is 1. The Hall–Kier alpha value is -0.250. The quantitative estimate of drug-likeness (QED) is 0.788. The first-order valence-corrected chi connectivity index (χ1v) is 6.22. The third-order valence-corrected chi connectivity index (χ3v) is 4.36. The van der Waals surface area contributed by atoms with Crippen molar-refractivity contribution in [1.82, 2.24) is 5.32 Å². The van der Waals surface area contributed by atoms with Crippen molar-refractivity contribution in [2.24, 2.45) is 17.8 Å². The first kappa shape index (κ1) is 12.2. The molecule has 2 aliphatic rings. The zero-order valence-corrected chi connectivity index (χ0v) is 9.69. The lowest BCUT2D eigenvalue weighted by atomic mass is 9.83. The van der Waals surface area contributed by atoms with E-state index in [4.69, 9.17) is 0 Å². The molecule has 0 aromatic rings. The molecule has 0 heterocycles. The molecule has 4 heteroatoms. The van der Waals surface area contributed by atoms with Gasteiger partial charge in [0.15, 0.2) is 0 Å². The third kappa shape index (κ3) is 2.90. The van der Waals surface area contributed by atoms with Gasteiger partial charge >= 0.3 is 6.18 Å². The Morgan fingerprint density at radius 3 is 2.44 bits per heavy atom. The molecule has 0 aromatic carbocycles. The lowest BCUT2D eigenvalue weighted by Crippen LogP contribution is -2.34. The van der Waals surface area contributed by atoms with Gasteiger partial charge in [0.05, 0.1) is 6.42 Å². The largest absolute Gasteiger partial charge is 0.390 e. The van der Waals surface area contributed by atoms with Crippen molar-refractivity contribution in [2.45, 2.75) is 50.7 Å². The van der Waals surface area contributed by atoms with Gasteiger partial charge in [-0.1, -0.05) is 6.42 Å². The van der Waals surface area contributed by atoms with Crippen LogP contribution in [0.1, 0.15) is 38.5 Å². The second-order valence-corrected chi connectivity index (χ2v) is 5.48. The summed E-state index contributed by atoms with van der Waals surface area (Å²) in [4.78, 5) is 0. The van der Waals surface area contributed by atoms with E-state index in [1.807, 2.05) is 0 Å². The molecule has 0 radical (unpaired) electrons. The normalized spacial score (nSPS) is 35.6. The van der Waals surface area contributed by atoms with Gasteiger partial charge in [0, 0.05) is 6.04 Å². The fraction of sp³-hybridized carbons (Fsp3) is 1.00. The van der Waals surface area contributed by atoms with Crippen molar-refractivity contribution in [2.75, 3.05) is 7.05 Å². The van der Waals surface area contributed by atoms with Gasteiger partial charge in [0.1, 0.15) is 0 Å². The van der Waals surface area contributed by atoms with E-state index in [1.165, 1.54) is 25.7 Å². The number of fused-ring (bicyclic) bond motifs is 2. The molecule has 16 heavy (non-hydrogen) atoms. The molecule has 94 valence electrons. The number of hydrogen-bond acceptors (Lipinski definition) is 1. The molecule has 0 spiro atoms. The van der Waals surface area contributed by atoms with Gasteiger partial charge in [-0.25, -0.2) is 0 Å². The number of rotatable bonds is 4. The average molecular weight is 235 g/mol. The predicted molar refractivity (Wildman–Crippen MR) is 57.1 cm³/mol. The van der Waals surface area contributed by atoms with Crippen molar-refractivity contribution in [3.63, 3.8) is 0 Å². The topological polar surface area (TPSA) is 12.0 Å². The van der Waals surface area contributed by atoms with E-state index in [1.54, 1.807) is 7.05 Å². The summed E-state index contributed by atoms with van der Waals surface area (Å²) in [7, 11) is 1.64. The highest BCUT2D eigenvalue weighted by Gasteiger charge is 2.41.